The molecule has 2 aromatic rings. The summed E-state index contributed by atoms with van der Waals surface area (Å²) in [6.45, 7) is 3.26. The van der Waals surface area contributed by atoms with Crippen molar-refractivity contribution < 1.29 is 19.5 Å². The van der Waals surface area contributed by atoms with Crippen molar-refractivity contribution in [1.29, 1.82) is 0 Å². The molecule has 2 N–H and O–H groups in total. The number of aliphatic carboxylic acids is 1. The van der Waals surface area contributed by atoms with Crippen LogP contribution in [0.4, 0.5) is 0 Å². The Hall–Kier alpha value is -2.95. The molecule has 4 rings (SSSR count). The highest BCUT2D eigenvalue weighted by molar-refractivity contribution is 5.88. The Kier molecular flexibility index (Phi) is 10.1. The standard InChI is InChI=1S/C17H23NO2.C13H16O2/c1-12(13(2)19)18-17(20)16-9-8-15(11-16)10-14-6-4-3-5-7-14;14-13(15)12-7-6-11(9-12)8-10-4-2-1-3-5-10/h3-7,12,15-16H,8-11H2,1-2H3,(H,18,20);1-5,11-12H,6-9H2,(H,14,15)/t12-,15-,16+;11-,12+/m00/s1. The second-order valence-corrected chi connectivity index (χ2v) is 10.3. The van der Waals surface area contributed by atoms with E-state index in [0.29, 0.717) is 11.8 Å². The molecule has 2 aliphatic rings. The lowest BCUT2D eigenvalue weighted by Gasteiger charge is -2.15. The van der Waals surface area contributed by atoms with Crippen molar-refractivity contribution in [1.82, 2.24) is 5.32 Å². The number of carbonyl (C=O) groups is 3. The minimum atomic E-state index is -0.620. The number of rotatable bonds is 8. The Bertz CT molecular complexity index is 959. The van der Waals surface area contributed by atoms with Gasteiger partial charge in [0, 0.05) is 5.92 Å². The first-order chi connectivity index (χ1) is 16.8. The summed E-state index contributed by atoms with van der Waals surface area (Å²) in [6.07, 6.45) is 7.82. The summed E-state index contributed by atoms with van der Waals surface area (Å²) in [5.74, 6) is 0.560. The lowest BCUT2D eigenvalue weighted by atomic mass is 9.96. The van der Waals surface area contributed by atoms with Gasteiger partial charge in [0.05, 0.1) is 12.0 Å². The normalized spacial score (nSPS) is 24.2. The van der Waals surface area contributed by atoms with Gasteiger partial charge in [-0.05, 0) is 88.2 Å². The van der Waals surface area contributed by atoms with Gasteiger partial charge in [-0.2, -0.15) is 0 Å². The van der Waals surface area contributed by atoms with Gasteiger partial charge in [-0.3, -0.25) is 14.4 Å². The van der Waals surface area contributed by atoms with E-state index in [9.17, 15) is 14.4 Å². The van der Waals surface area contributed by atoms with Crippen LogP contribution in [0.1, 0.15) is 63.5 Å². The largest absolute Gasteiger partial charge is 0.481 e. The van der Waals surface area contributed by atoms with Gasteiger partial charge in [0.25, 0.3) is 0 Å². The zero-order valence-electron chi connectivity index (χ0n) is 21.0. The monoisotopic (exact) mass is 477 g/mol. The number of hydrogen-bond acceptors (Lipinski definition) is 3. The fraction of sp³-hybridized carbons (Fsp3) is 0.500. The number of carbonyl (C=O) groups excluding carboxylic acids is 2. The summed E-state index contributed by atoms with van der Waals surface area (Å²) >= 11 is 0. The maximum Gasteiger partial charge on any atom is 0.306 e. The predicted molar refractivity (Wildman–Crippen MR) is 138 cm³/mol. The summed E-state index contributed by atoms with van der Waals surface area (Å²) in [5.41, 5.74) is 2.67. The molecule has 5 nitrogen and oxygen atoms in total. The highest BCUT2D eigenvalue weighted by Gasteiger charge is 2.31. The lowest BCUT2D eigenvalue weighted by Crippen LogP contribution is -2.40. The molecule has 2 aliphatic carbocycles. The third-order valence-electron chi connectivity index (χ3n) is 7.51. The van der Waals surface area contributed by atoms with Crippen molar-refractivity contribution in [3.63, 3.8) is 0 Å². The number of carboxylic acid groups (broad SMARTS) is 1. The van der Waals surface area contributed by atoms with Crippen LogP contribution in [-0.4, -0.2) is 28.8 Å². The van der Waals surface area contributed by atoms with Gasteiger partial charge in [0.2, 0.25) is 5.91 Å². The minimum Gasteiger partial charge on any atom is -0.481 e. The fourth-order valence-electron chi connectivity index (χ4n) is 5.31. The SMILES string of the molecule is CC(=O)[C@H](C)NC(=O)[C@@H]1CC[C@@H](Cc2ccccc2)C1.O=C(O)[C@@H]1CC[C@@H](Cc2ccccc2)C1. The molecule has 0 saturated heterocycles. The highest BCUT2D eigenvalue weighted by atomic mass is 16.4. The van der Waals surface area contributed by atoms with Crippen LogP contribution in [0.3, 0.4) is 0 Å². The number of amides is 1. The highest BCUT2D eigenvalue weighted by Crippen LogP contribution is 2.34. The topological polar surface area (TPSA) is 83.5 Å². The number of benzene rings is 2. The number of ketones is 1. The van der Waals surface area contributed by atoms with E-state index < -0.39 is 5.97 Å². The van der Waals surface area contributed by atoms with Crippen molar-refractivity contribution >= 4 is 17.7 Å². The van der Waals surface area contributed by atoms with Gasteiger partial charge in [0.1, 0.15) is 0 Å². The maximum absolute atomic E-state index is 12.1. The van der Waals surface area contributed by atoms with E-state index in [1.54, 1.807) is 6.92 Å². The quantitative estimate of drug-likeness (QED) is 0.528. The molecule has 0 bridgehead atoms. The summed E-state index contributed by atoms with van der Waals surface area (Å²) in [5, 5.41) is 11.7. The molecule has 0 heterocycles. The average Bonchev–Trinajstić information content (AvgIpc) is 3.51. The summed E-state index contributed by atoms with van der Waals surface area (Å²) in [6, 6.07) is 20.4. The first-order valence-electron chi connectivity index (χ1n) is 12.9. The molecule has 0 unspecified atom stereocenters. The van der Waals surface area contributed by atoms with E-state index in [0.717, 1.165) is 51.4 Å². The van der Waals surface area contributed by atoms with Gasteiger partial charge in [-0.1, -0.05) is 60.7 Å². The summed E-state index contributed by atoms with van der Waals surface area (Å²) < 4.78 is 0. The minimum absolute atomic E-state index is 0.0113. The second kappa shape index (κ2) is 13.2. The molecule has 0 spiro atoms. The molecule has 0 aliphatic heterocycles. The molecule has 35 heavy (non-hydrogen) atoms. The maximum atomic E-state index is 12.1. The number of carboxylic acids is 1. The van der Waals surface area contributed by atoms with Gasteiger partial charge in [-0.25, -0.2) is 0 Å². The van der Waals surface area contributed by atoms with Gasteiger partial charge >= 0.3 is 5.97 Å². The first kappa shape index (κ1) is 26.7. The van der Waals surface area contributed by atoms with Crippen molar-refractivity contribution in [2.24, 2.45) is 23.7 Å². The Morgan fingerprint density at radius 1 is 0.800 bits per heavy atom. The zero-order valence-corrected chi connectivity index (χ0v) is 21.0. The zero-order chi connectivity index (χ0) is 25.2. The molecule has 2 fully saturated rings. The van der Waals surface area contributed by atoms with E-state index in [1.807, 2.05) is 24.3 Å². The Morgan fingerprint density at radius 2 is 1.26 bits per heavy atom. The number of nitrogens with one attached hydrogen (secondary N) is 1. The van der Waals surface area contributed by atoms with Crippen LogP contribution in [0.15, 0.2) is 60.7 Å². The molecule has 5 heteroatoms. The van der Waals surface area contributed by atoms with Crippen LogP contribution in [0.5, 0.6) is 0 Å². The van der Waals surface area contributed by atoms with E-state index >= 15 is 0 Å². The van der Waals surface area contributed by atoms with Crippen LogP contribution in [0, 0.1) is 23.7 Å². The Morgan fingerprint density at radius 3 is 1.69 bits per heavy atom. The smallest absolute Gasteiger partial charge is 0.306 e. The Labute approximate surface area is 209 Å². The predicted octanol–water partition coefficient (Wildman–Crippen LogP) is 5.47. The fourth-order valence-corrected chi connectivity index (χ4v) is 5.31. The van der Waals surface area contributed by atoms with Crippen molar-refractivity contribution in [2.75, 3.05) is 0 Å². The van der Waals surface area contributed by atoms with E-state index in [2.05, 4.69) is 41.7 Å². The van der Waals surface area contributed by atoms with Gasteiger partial charge < -0.3 is 10.4 Å². The van der Waals surface area contributed by atoms with Crippen LogP contribution >= 0.6 is 0 Å². The third-order valence-corrected chi connectivity index (χ3v) is 7.51. The lowest BCUT2D eigenvalue weighted by molar-refractivity contribution is -0.141. The molecule has 2 aromatic carbocycles. The van der Waals surface area contributed by atoms with Crippen molar-refractivity contribution in [2.45, 2.75) is 71.3 Å². The summed E-state index contributed by atoms with van der Waals surface area (Å²) in [4.78, 5) is 34.1. The molecule has 188 valence electrons. The molecular weight excluding hydrogens is 438 g/mol. The summed E-state index contributed by atoms with van der Waals surface area (Å²) in [7, 11) is 0. The van der Waals surface area contributed by atoms with Crippen molar-refractivity contribution in [3.8, 4) is 0 Å². The molecule has 0 radical (unpaired) electrons. The molecule has 5 atom stereocenters. The van der Waals surface area contributed by atoms with E-state index in [4.69, 9.17) is 5.11 Å². The third kappa shape index (κ3) is 8.65. The van der Waals surface area contributed by atoms with Crippen LogP contribution in [0.25, 0.3) is 0 Å². The van der Waals surface area contributed by atoms with Crippen LogP contribution in [-0.2, 0) is 27.2 Å². The van der Waals surface area contributed by atoms with Gasteiger partial charge in [-0.15, -0.1) is 0 Å². The first-order valence-corrected chi connectivity index (χ1v) is 12.9. The molecule has 2 saturated carbocycles. The number of hydrogen-bond donors (Lipinski definition) is 2. The molecular formula is C30H39NO4. The average molecular weight is 478 g/mol. The van der Waals surface area contributed by atoms with Crippen LogP contribution < -0.4 is 5.32 Å². The Balaban J connectivity index is 0.000000203. The van der Waals surface area contributed by atoms with Crippen molar-refractivity contribution in [3.05, 3.63) is 71.8 Å². The van der Waals surface area contributed by atoms with E-state index in [-0.39, 0.29) is 29.6 Å². The molecule has 1 amide bonds. The second-order valence-electron chi connectivity index (χ2n) is 10.3. The van der Waals surface area contributed by atoms with Crippen LogP contribution in [0.2, 0.25) is 0 Å². The van der Waals surface area contributed by atoms with E-state index in [1.165, 1.54) is 18.1 Å². The van der Waals surface area contributed by atoms with Gasteiger partial charge in [0.15, 0.2) is 5.78 Å². The number of Topliss-reactive ketones (excluding diaryl/α,β-unsaturated/α-hetero) is 1. The molecule has 0 aromatic heterocycles.